The van der Waals surface area contributed by atoms with Crippen molar-refractivity contribution in [1.29, 1.82) is 0 Å². The first-order valence-electron chi connectivity index (χ1n) is 7.34. The van der Waals surface area contributed by atoms with Gasteiger partial charge in [-0.2, -0.15) is 0 Å². The zero-order chi connectivity index (χ0) is 13.8. The maximum Gasteiger partial charge on any atom is 0.0325 e. The van der Waals surface area contributed by atoms with Gasteiger partial charge >= 0.3 is 0 Å². The quantitative estimate of drug-likeness (QED) is 0.830. The molecule has 1 saturated carbocycles. The van der Waals surface area contributed by atoms with E-state index in [4.69, 9.17) is 5.73 Å². The summed E-state index contributed by atoms with van der Waals surface area (Å²) in [6.45, 7) is 3.32. The Labute approximate surface area is 125 Å². The van der Waals surface area contributed by atoms with Crippen LogP contribution in [0.1, 0.15) is 44.6 Å². The molecule has 19 heavy (non-hydrogen) atoms. The second kappa shape index (κ2) is 6.76. The van der Waals surface area contributed by atoms with Crippen LogP contribution in [0.4, 0.5) is 5.69 Å². The number of hydrogen-bond donors (Lipinski definition) is 1. The van der Waals surface area contributed by atoms with Gasteiger partial charge in [-0.1, -0.05) is 35.3 Å². The van der Waals surface area contributed by atoms with Gasteiger partial charge in [0, 0.05) is 22.7 Å². The summed E-state index contributed by atoms with van der Waals surface area (Å²) >= 11 is 3.61. The van der Waals surface area contributed by atoms with Crippen LogP contribution in [0.3, 0.4) is 0 Å². The Morgan fingerprint density at radius 3 is 2.53 bits per heavy atom. The smallest absolute Gasteiger partial charge is 0.0325 e. The minimum Gasteiger partial charge on any atom is -0.399 e. The summed E-state index contributed by atoms with van der Waals surface area (Å²) in [5.74, 6) is 0.966. The predicted molar refractivity (Wildman–Crippen MR) is 86.1 cm³/mol. The maximum absolute atomic E-state index is 5.79. The minimum atomic E-state index is 0.743. The number of rotatable bonds is 4. The molecule has 0 amide bonds. The third-order valence-electron chi connectivity index (χ3n) is 4.51. The lowest BCUT2D eigenvalue weighted by Crippen LogP contribution is -2.34. The van der Waals surface area contributed by atoms with Gasteiger partial charge in [-0.25, -0.2) is 0 Å². The zero-order valence-electron chi connectivity index (χ0n) is 12.0. The van der Waals surface area contributed by atoms with E-state index in [1.807, 2.05) is 12.1 Å². The first kappa shape index (κ1) is 14.9. The molecular weight excluding hydrogens is 300 g/mol. The molecule has 0 spiro atoms. The summed E-state index contributed by atoms with van der Waals surface area (Å²) in [4.78, 5) is 2.50. The molecule has 1 aromatic carbocycles. The van der Waals surface area contributed by atoms with Gasteiger partial charge < -0.3 is 5.73 Å². The number of anilines is 1. The predicted octanol–water partition coefficient (Wildman–Crippen LogP) is 4.43. The second-order valence-electron chi connectivity index (χ2n) is 5.85. The average molecular weight is 325 g/mol. The minimum absolute atomic E-state index is 0.743. The van der Waals surface area contributed by atoms with Gasteiger partial charge in [-0.05, 0) is 56.3 Å². The van der Waals surface area contributed by atoms with Crippen molar-refractivity contribution < 1.29 is 0 Å². The summed E-state index contributed by atoms with van der Waals surface area (Å²) in [5, 5.41) is 0. The molecule has 3 heteroatoms. The van der Waals surface area contributed by atoms with Crippen LogP contribution in [-0.2, 0) is 6.54 Å². The Kier molecular flexibility index (Phi) is 5.28. The Bertz CT molecular complexity index is 411. The Morgan fingerprint density at radius 2 is 1.95 bits per heavy atom. The first-order chi connectivity index (χ1) is 9.10. The summed E-state index contributed by atoms with van der Waals surface area (Å²) in [6.07, 6.45) is 6.84. The van der Waals surface area contributed by atoms with Crippen molar-refractivity contribution in [1.82, 2.24) is 4.90 Å². The van der Waals surface area contributed by atoms with Crippen LogP contribution in [0.2, 0.25) is 0 Å². The van der Waals surface area contributed by atoms with E-state index < -0.39 is 0 Å². The third kappa shape index (κ3) is 3.96. The highest BCUT2D eigenvalue weighted by molar-refractivity contribution is 9.10. The lowest BCUT2D eigenvalue weighted by Gasteiger charge is -2.34. The van der Waals surface area contributed by atoms with Gasteiger partial charge in [-0.15, -0.1) is 0 Å². The van der Waals surface area contributed by atoms with Crippen molar-refractivity contribution in [3.8, 4) is 0 Å². The topological polar surface area (TPSA) is 29.3 Å². The summed E-state index contributed by atoms with van der Waals surface area (Å²) < 4.78 is 1.13. The molecule has 106 valence electrons. The number of benzene rings is 1. The Morgan fingerprint density at radius 1 is 1.26 bits per heavy atom. The molecule has 0 bridgehead atoms. The van der Waals surface area contributed by atoms with E-state index in [2.05, 4.69) is 40.9 Å². The number of halogens is 1. The van der Waals surface area contributed by atoms with Crippen molar-refractivity contribution in [2.75, 3.05) is 12.8 Å². The van der Waals surface area contributed by atoms with Crippen LogP contribution in [0.15, 0.2) is 22.7 Å². The van der Waals surface area contributed by atoms with Gasteiger partial charge in [-0.3, -0.25) is 4.90 Å². The lowest BCUT2D eigenvalue weighted by molar-refractivity contribution is 0.157. The maximum atomic E-state index is 5.79. The van der Waals surface area contributed by atoms with Crippen molar-refractivity contribution in [3.05, 3.63) is 28.2 Å². The SMILES string of the molecule is CCC1CCC(N(C)Cc2ccc(N)cc2Br)CC1. The summed E-state index contributed by atoms with van der Waals surface area (Å²) in [5.41, 5.74) is 7.94. The van der Waals surface area contributed by atoms with E-state index in [9.17, 15) is 0 Å². The average Bonchev–Trinajstić information content (AvgIpc) is 2.42. The monoisotopic (exact) mass is 324 g/mol. The van der Waals surface area contributed by atoms with Crippen molar-refractivity contribution >= 4 is 21.6 Å². The van der Waals surface area contributed by atoms with Gasteiger partial charge in [0.25, 0.3) is 0 Å². The molecular formula is C16H25BrN2. The van der Waals surface area contributed by atoms with E-state index in [1.165, 1.54) is 37.7 Å². The number of nitrogens with two attached hydrogens (primary N) is 1. The fourth-order valence-electron chi connectivity index (χ4n) is 3.08. The molecule has 1 aromatic rings. The molecule has 1 aliphatic rings. The summed E-state index contributed by atoms with van der Waals surface area (Å²) in [7, 11) is 2.25. The zero-order valence-corrected chi connectivity index (χ0v) is 13.6. The van der Waals surface area contributed by atoms with Crippen molar-refractivity contribution in [2.24, 2.45) is 5.92 Å². The van der Waals surface area contributed by atoms with E-state index >= 15 is 0 Å². The molecule has 2 nitrogen and oxygen atoms in total. The molecule has 0 atom stereocenters. The van der Waals surface area contributed by atoms with Crippen LogP contribution < -0.4 is 5.73 Å². The van der Waals surface area contributed by atoms with Crippen LogP contribution in [0, 0.1) is 5.92 Å². The molecule has 0 aromatic heterocycles. The van der Waals surface area contributed by atoms with Crippen LogP contribution in [-0.4, -0.2) is 18.0 Å². The second-order valence-corrected chi connectivity index (χ2v) is 6.70. The Hall–Kier alpha value is -0.540. The molecule has 0 saturated heterocycles. The highest BCUT2D eigenvalue weighted by Crippen LogP contribution is 2.30. The van der Waals surface area contributed by atoms with Gasteiger partial charge in [0.2, 0.25) is 0 Å². The number of nitrogens with zero attached hydrogens (tertiary/aromatic N) is 1. The highest BCUT2D eigenvalue weighted by Gasteiger charge is 2.23. The van der Waals surface area contributed by atoms with E-state index in [1.54, 1.807) is 0 Å². The highest BCUT2D eigenvalue weighted by atomic mass is 79.9. The molecule has 0 radical (unpaired) electrons. The number of hydrogen-bond acceptors (Lipinski definition) is 2. The largest absolute Gasteiger partial charge is 0.399 e. The molecule has 0 heterocycles. The van der Waals surface area contributed by atoms with Crippen LogP contribution in [0.25, 0.3) is 0 Å². The molecule has 0 unspecified atom stereocenters. The molecule has 2 N–H and O–H groups in total. The van der Waals surface area contributed by atoms with Crippen molar-refractivity contribution in [2.45, 2.75) is 51.6 Å². The lowest BCUT2D eigenvalue weighted by atomic mass is 9.84. The van der Waals surface area contributed by atoms with E-state index in [-0.39, 0.29) is 0 Å². The molecule has 2 rings (SSSR count). The third-order valence-corrected chi connectivity index (χ3v) is 5.25. The van der Waals surface area contributed by atoms with E-state index in [0.717, 1.165) is 28.7 Å². The first-order valence-corrected chi connectivity index (χ1v) is 8.13. The Balaban J connectivity index is 1.92. The van der Waals surface area contributed by atoms with Crippen LogP contribution in [0.5, 0.6) is 0 Å². The van der Waals surface area contributed by atoms with Crippen molar-refractivity contribution in [3.63, 3.8) is 0 Å². The molecule has 1 fully saturated rings. The standard InChI is InChI=1S/C16H25BrN2/c1-3-12-4-8-15(9-5-12)19(2)11-13-6-7-14(18)10-16(13)17/h6-7,10,12,15H,3-5,8-9,11,18H2,1-2H3. The fraction of sp³-hybridized carbons (Fsp3) is 0.625. The van der Waals surface area contributed by atoms with Gasteiger partial charge in [0.05, 0.1) is 0 Å². The van der Waals surface area contributed by atoms with Crippen LogP contribution >= 0.6 is 15.9 Å². The summed E-state index contributed by atoms with van der Waals surface area (Å²) in [6, 6.07) is 6.86. The van der Waals surface area contributed by atoms with E-state index in [0.29, 0.717) is 0 Å². The fourth-order valence-corrected chi connectivity index (χ4v) is 3.61. The van der Waals surface area contributed by atoms with Gasteiger partial charge in [0.15, 0.2) is 0 Å². The normalized spacial score (nSPS) is 23.8. The molecule has 1 aliphatic carbocycles. The number of nitrogen functional groups attached to an aromatic ring is 1. The molecule has 0 aliphatic heterocycles. The van der Waals surface area contributed by atoms with Gasteiger partial charge in [0.1, 0.15) is 0 Å².